The Bertz CT molecular complexity index is 264. The van der Waals surface area contributed by atoms with Crippen LogP contribution < -0.4 is 5.32 Å². The number of hydrogen-bond donors (Lipinski definition) is 2. The van der Waals surface area contributed by atoms with Crippen molar-refractivity contribution in [2.24, 2.45) is 0 Å². The Morgan fingerprint density at radius 2 is 1.92 bits per heavy atom. The van der Waals surface area contributed by atoms with E-state index in [1.54, 1.807) is 6.92 Å². The molecule has 0 bridgehead atoms. The maximum Gasteiger partial charge on any atom is 0.325 e. The molecule has 0 saturated carbocycles. The van der Waals surface area contributed by atoms with Crippen LogP contribution in [0, 0.1) is 0 Å². The third kappa shape index (κ3) is 4.31. The molecule has 4 heteroatoms. The predicted molar refractivity (Wildman–Crippen MR) is 52.9 cm³/mol. The molecule has 0 amide bonds. The number of benzene rings is 1. The Labute approximate surface area is 99.4 Å². The maximum absolute atomic E-state index is 10.4. The second-order valence-electron chi connectivity index (χ2n) is 2.57. The Hall–Kier alpha value is -0.510. The summed E-state index contributed by atoms with van der Waals surface area (Å²) < 4.78 is 0. The molecule has 1 atom stereocenters. The molecule has 1 rings (SSSR count). The van der Waals surface area contributed by atoms with Gasteiger partial charge in [0, 0.05) is 35.2 Å². The van der Waals surface area contributed by atoms with Crippen molar-refractivity contribution < 1.29 is 9.90 Å². The average molecular weight is 188 g/mol. The Balaban J connectivity index is 0.00000144. The molecule has 1 aromatic carbocycles. The molecular weight excluding hydrogens is 177 g/mol. The zero-order valence-corrected chi connectivity index (χ0v) is 9.82. The Kier molecular flexibility index (Phi) is 5.79. The van der Waals surface area contributed by atoms with Crippen LogP contribution in [-0.4, -0.2) is 46.7 Å². The van der Waals surface area contributed by atoms with Gasteiger partial charge in [-0.3, -0.25) is 4.79 Å². The van der Waals surface area contributed by atoms with E-state index in [0.29, 0.717) is 0 Å². The second kappa shape index (κ2) is 6.02. The van der Waals surface area contributed by atoms with Gasteiger partial charge in [0.2, 0.25) is 0 Å². The smallest absolute Gasteiger partial charge is 0.325 e. The topological polar surface area (TPSA) is 49.3 Å². The van der Waals surface area contributed by atoms with Gasteiger partial charge in [-0.25, -0.2) is 0 Å². The fourth-order valence-electron chi connectivity index (χ4n) is 0.846. The van der Waals surface area contributed by atoms with E-state index >= 15 is 0 Å². The van der Waals surface area contributed by atoms with E-state index in [2.05, 4.69) is 5.32 Å². The number of carbonyl (C=O) groups is 1. The summed E-state index contributed by atoms with van der Waals surface area (Å²) in [6.07, 6.45) is 0. The first-order valence-electron chi connectivity index (χ1n) is 3.74. The van der Waals surface area contributed by atoms with E-state index in [1.165, 1.54) is 0 Å². The van der Waals surface area contributed by atoms with Gasteiger partial charge in [0.25, 0.3) is 0 Å². The normalized spacial score (nSPS) is 11.2. The standard InChI is InChI=1S/C9H11NO2.Na/c1-7(9(11)12)10-8-5-3-2-4-6-8;/h2-7,10H,1H3,(H,11,12);/t7-;/m0./s1. The van der Waals surface area contributed by atoms with Gasteiger partial charge in [0.15, 0.2) is 0 Å². The van der Waals surface area contributed by atoms with E-state index < -0.39 is 12.0 Å². The van der Waals surface area contributed by atoms with Crippen molar-refractivity contribution in [3.8, 4) is 0 Å². The number of aliphatic carboxylic acids is 1. The third-order valence-corrected chi connectivity index (χ3v) is 1.53. The second-order valence-corrected chi connectivity index (χ2v) is 2.57. The number of nitrogens with one attached hydrogen (secondary N) is 1. The SMILES string of the molecule is C[C@H](Nc1ccccc1)C(=O)O.[Na]. The Morgan fingerprint density at radius 1 is 1.38 bits per heavy atom. The zero-order valence-electron chi connectivity index (χ0n) is 7.82. The van der Waals surface area contributed by atoms with Crippen LogP contribution in [0.5, 0.6) is 0 Å². The summed E-state index contributed by atoms with van der Waals surface area (Å²) in [5, 5.41) is 11.4. The number of carboxylic acid groups (broad SMARTS) is 1. The molecule has 0 aromatic heterocycles. The molecule has 0 unspecified atom stereocenters. The minimum Gasteiger partial charge on any atom is -0.480 e. The summed E-state index contributed by atoms with van der Waals surface area (Å²) in [5.74, 6) is -0.848. The van der Waals surface area contributed by atoms with Crippen molar-refractivity contribution in [1.29, 1.82) is 0 Å². The number of carboxylic acids is 1. The zero-order chi connectivity index (χ0) is 8.97. The van der Waals surface area contributed by atoms with Crippen molar-refractivity contribution in [1.82, 2.24) is 0 Å². The van der Waals surface area contributed by atoms with Crippen LogP contribution >= 0.6 is 0 Å². The van der Waals surface area contributed by atoms with Crippen LogP contribution in [0.4, 0.5) is 5.69 Å². The summed E-state index contributed by atoms with van der Waals surface area (Å²) in [5.41, 5.74) is 0.826. The molecule has 0 aliphatic carbocycles. The molecule has 1 radical (unpaired) electrons. The first-order valence-corrected chi connectivity index (χ1v) is 3.74. The number of rotatable bonds is 3. The van der Waals surface area contributed by atoms with E-state index in [0.717, 1.165) is 5.69 Å². The third-order valence-electron chi connectivity index (χ3n) is 1.53. The molecule has 0 saturated heterocycles. The van der Waals surface area contributed by atoms with Gasteiger partial charge >= 0.3 is 5.97 Å². The fourth-order valence-corrected chi connectivity index (χ4v) is 0.846. The quantitative estimate of drug-likeness (QED) is 0.700. The largest absolute Gasteiger partial charge is 0.480 e. The Morgan fingerprint density at radius 3 is 2.38 bits per heavy atom. The molecule has 2 N–H and O–H groups in total. The maximum atomic E-state index is 10.4. The number of hydrogen-bond acceptors (Lipinski definition) is 2. The van der Waals surface area contributed by atoms with Crippen LogP contribution in [0.25, 0.3) is 0 Å². The molecule has 0 heterocycles. The summed E-state index contributed by atoms with van der Waals surface area (Å²) in [6, 6.07) is 8.72. The van der Waals surface area contributed by atoms with E-state index in [9.17, 15) is 4.79 Å². The van der Waals surface area contributed by atoms with Gasteiger partial charge < -0.3 is 10.4 Å². The average Bonchev–Trinajstić information content (AvgIpc) is 2.06. The van der Waals surface area contributed by atoms with Crippen molar-refractivity contribution in [3.63, 3.8) is 0 Å². The van der Waals surface area contributed by atoms with Crippen LogP contribution in [0.3, 0.4) is 0 Å². The molecule has 0 aliphatic rings. The molecule has 1 aromatic rings. The van der Waals surface area contributed by atoms with Crippen molar-refractivity contribution in [2.45, 2.75) is 13.0 Å². The molecule has 3 nitrogen and oxygen atoms in total. The first-order chi connectivity index (χ1) is 5.70. The summed E-state index contributed by atoms with van der Waals surface area (Å²) in [6.45, 7) is 1.61. The first kappa shape index (κ1) is 12.5. The molecule has 0 spiro atoms. The molecule has 65 valence electrons. The van der Waals surface area contributed by atoms with Crippen molar-refractivity contribution in [2.75, 3.05) is 5.32 Å². The summed E-state index contributed by atoms with van der Waals surface area (Å²) >= 11 is 0. The van der Waals surface area contributed by atoms with Crippen molar-refractivity contribution >= 4 is 41.2 Å². The van der Waals surface area contributed by atoms with Gasteiger partial charge in [-0.1, -0.05) is 18.2 Å². The summed E-state index contributed by atoms with van der Waals surface area (Å²) in [7, 11) is 0. The van der Waals surface area contributed by atoms with Gasteiger partial charge in [-0.2, -0.15) is 0 Å². The summed E-state index contributed by atoms with van der Waals surface area (Å²) in [4.78, 5) is 10.4. The minimum atomic E-state index is -0.848. The molecular formula is C9H11NNaO2. The van der Waals surface area contributed by atoms with E-state index in [4.69, 9.17) is 5.11 Å². The van der Waals surface area contributed by atoms with Crippen LogP contribution in [0.15, 0.2) is 30.3 Å². The van der Waals surface area contributed by atoms with E-state index in [-0.39, 0.29) is 29.6 Å². The van der Waals surface area contributed by atoms with Crippen LogP contribution in [0.2, 0.25) is 0 Å². The number of anilines is 1. The van der Waals surface area contributed by atoms with Gasteiger partial charge in [-0.05, 0) is 19.1 Å². The van der Waals surface area contributed by atoms with E-state index in [1.807, 2.05) is 30.3 Å². The molecule has 13 heavy (non-hydrogen) atoms. The van der Waals surface area contributed by atoms with Crippen molar-refractivity contribution in [3.05, 3.63) is 30.3 Å². The van der Waals surface area contributed by atoms with Gasteiger partial charge in [0.1, 0.15) is 6.04 Å². The van der Waals surface area contributed by atoms with Crippen LogP contribution in [0.1, 0.15) is 6.92 Å². The minimum absolute atomic E-state index is 0. The number of para-hydroxylation sites is 1. The van der Waals surface area contributed by atoms with Crippen LogP contribution in [-0.2, 0) is 4.79 Å². The molecule has 0 aliphatic heterocycles. The predicted octanol–water partition coefficient (Wildman–Crippen LogP) is 1.19. The van der Waals surface area contributed by atoms with Gasteiger partial charge in [-0.15, -0.1) is 0 Å². The van der Waals surface area contributed by atoms with Gasteiger partial charge in [0.05, 0.1) is 0 Å². The molecule has 0 fully saturated rings. The fraction of sp³-hybridized carbons (Fsp3) is 0.222. The monoisotopic (exact) mass is 188 g/mol.